The van der Waals surface area contributed by atoms with Crippen molar-refractivity contribution >= 4 is 5.97 Å². The number of aromatic hydroxyl groups is 1. The Labute approximate surface area is 120 Å². The molecule has 1 aromatic carbocycles. The molecule has 1 rings (SSSR count). The summed E-state index contributed by atoms with van der Waals surface area (Å²) in [6, 6.07) is 0.139. The van der Waals surface area contributed by atoms with Crippen molar-refractivity contribution in [1.29, 1.82) is 0 Å². The molecule has 0 aliphatic rings. The number of phenols is 1. The Bertz CT molecular complexity index is 496. The lowest BCUT2D eigenvalue weighted by Crippen LogP contribution is -2.42. The Balaban J connectivity index is 3.34. The van der Waals surface area contributed by atoms with E-state index in [0.29, 0.717) is 0 Å². The summed E-state index contributed by atoms with van der Waals surface area (Å²) >= 11 is 0. The second-order valence-electron chi connectivity index (χ2n) is 4.09. The predicted molar refractivity (Wildman–Crippen MR) is 69.7 cm³/mol. The maximum Gasteiger partial charge on any atom is 0.379 e. The molecule has 3 N–H and O–H groups in total. The van der Waals surface area contributed by atoms with E-state index in [1.807, 2.05) is 0 Å². The summed E-state index contributed by atoms with van der Waals surface area (Å²) in [6.07, 6.45) is 0. The summed E-state index contributed by atoms with van der Waals surface area (Å²) < 4.78 is 42.2. The molecule has 0 saturated carbocycles. The number of halogens is 2. The van der Waals surface area contributed by atoms with Crippen molar-refractivity contribution in [2.24, 2.45) is 5.73 Å². The number of rotatable bonds is 6. The quantitative estimate of drug-likeness (QED) is 0.776. The van der Waals surface area contributed by atoms with Gasteiger partial charge in [0.05, 0.1) is 26.4 Å². The lowest BCUT2D eigenvalue weighted by atomic mass is 9.98. The van der Waals surface area contributed by atoms with Crippen molar-refractivity contribution in [2.75, 3.05) is 20.8 Å². The van der Waals surface area contributed by atoms with Gasteiger partial charge in [0, 0.05) is 12.1 Å². The van der Waals surface area contributed by atoms with E-state index in [1.54, 1.807) is 0 Å². The Kier molecular flexibility index (Phi) is 5.31. The molecule has 0 fully saturated rings. The fourth-order valence-corrected chi connectivity index (χ4v) is 1.77. The van der Waals surface area contributed by atoms with Crippen molar-refractivity contribution in [3.05, 3.63) is 17.7 Å². The topological polar surface area (TPSA) is 91.0 Å². The Morgan fingerprint density at radius 1 is 1.33 bits per heavy atom. The van der Waals surface area contributed by atoms with Crippen molar-refractivity contribution < 1.29 is 32.9 Å². The van der Waals surface area contributed by atoms with E-state index in [2.05, 4.69) is 4.74 Å². The molecule has 118 valence electrons. The third-order valence-electron chi connectivity index (χ3n) is 2.78. The van der Waals surface area contributed by atoms with Crippen LogP contribution in [0, 0.1) is 0 Å². The van der Waals surface area contributed by atoms with E-state index in [9.17, 15) is 18.7 Å². The monoisotopic (exact) mass is 305 g/mol. The molecule has 0 aliphatic heterocycles. The standard InChI is InChI=1S/C13H17F2NO5/c1-4-21-12(18)13(14,15)11(16)10-8(19-2)5-7(17)6-9(10)20-3/h5-6,11,17H,4,16H2,1-3H3/t11-/m0/s1. The zero-order valence-electron chi connectivity index (χ0n) is 11.9. The van der Waals surface area contributed by atoms with Crippen molar-refractivity contribution in [1.82, 2.24) is 0 Å². The van der Waals surface area contributed by atoms with Crippen molar-refractivity contribution in [3.63, 3.8) is 0 Å². The van der Waals surface area contributed by atoms with Gasteiger partial charge in [-0.1, -0.05) is 0 Å². The highest BCUT2D eigenvalue weighted by Crippen LogP contribution is 2.42. The van der Waals surface area contributed by atoms with Gasteiger partial charge in [-0.25, -0.2) is 4.79 Å². The third kappa shape index (κ3) is 3.33. The highest BCUT2D eigenvalue weighted by Gasteiger charge is 2.49. The molecular weight excluding hydrogens is 288 g/mol. The zero-order valence-corrected chi connectivity index (χ0v) is 11.9. The molecule has 0 unspecified atom stereocenters. The van der Waals surface area contributed by atoms with Crippen LogP contribution < -0.4 is 15.2 Å². The molecule has 0 bridgehead atoms. The summed E-state index contributed by atoms with van der Waals surface area (Å²) in [5.74, 6) is -6.21. The summed E-state index contributed by atoms with van der Waals surface area (Å²) in [6.45, 7) is 1.20. The normalized spacial score (nSPS) is 12.7. The van der Waals surface area contributed by atoms with E-state index < -0.39 is 17.9 Å². The van der Waals surface area contributed by atoms with Crippen LogP contribution in [0.5, 0.6) is 17.2 Å². The molecule has 21 heavy (non-hydrogen) atoms. The summed E-state index contributed by atoms with van der Waals surface area (Å²) in [7, 11) is 2.43. The molecule has 8 heteroatoms. The van der Waals surface area contributed by atoms with E-state index in [0.717, 1.165) is 12.1 Å². The van der Waals surface area contributed by atoms with Gasteiger partial charge in [0.15, 0.2) is 0 Å². The Hall–Kier alpha value is -2.09. The van der Waals surface area contributed by atoms with Crippen LogP contribution >= 0.6 is 0 Å². The molecule has 0 heterocycles. The Morgan fingerprint density at radius 3 is 2.19 bits per heavy atom. The van der Waals surface area contributed by atoms with Crippen molar-refractivity contribution in [2.45, 2.75) is 18.9 Å². The van der Waals surface area contributed by atoms with Gasteiger partial charge < -0.3 is 25.1 Å². The molecule has 1 atom stereocenters. The number of carbonyl (C=O) groups excluding carboxylic acids is 1. The van der Waals surface area contributed by atoms with Gasteiger partial charge in [-0.2, -0.15) is 8.78 Å². The molecule has 6 nitrogen and oxygen atoms in total. The molecular formula is C13H17F2NO5. The van der Waals surface area contributed by atoms with Gasteiger partial charge in [0.1, 0.15) is 23.3 Å². The highest BCUT2D eigenvalue weighted by molar-refractivity contribution is 5.79. The van der Waals surface area contributed by atoms with E-state index in [1.165, 1.54) is 21.1 Å². The van der Waals surface area contributed by atoms with Crippen LogP contribution in [-0.2, 0) is 9.53 Å². The van der Waals surface area contributed by atoms with Crippen LogP contribution in [-0.4, -0.2) is 37.8 Å². The lowest BCUT2D eigenvalue weighted by molar-refractivity contribution is -0.174. The smallest absolute Gasteiger partial charge is 0.379 e. The Morgan fingerprint density at radius 2 is 1.81 bits per heavy atom. The third-order valence-corrected chi connectivity index (χ3v) is 2.78. The number of methoxy groups -OCH3 is 2. The summed E-state index contributed by atoms with van der Waals surface area (Å²) in [5, 5.41) is 9.48. The number of ether oxygens (including phenoxy) is 3. The number of nitrogens with two attached hydrogens (primary N) is 1. The number of benzene rings is 1. The molecule has 1 aromatic rings. The van der Waals surface area contributed by atoms with Crippen LogP contribution in [0.2, 0.25) is 0 Å². The second kappa shape index (κ2) is 6.57. The summed E-state index contributed by atoms with van der Waals surface area (Å²) in [4.78, 5) is 11.4. The van der Waals surface area contributed by atoms with Crippen LogP contribution in [0.1, 0.15) is 18.5 Å². The van der Waals surface area contributed by atoms with Crippen LogP contribution in [0.15, 0.2) is 12.1 Å². The minimum Gasteiger partial charge on any atom is -0.508 e. The van der Waals surface area contributed by atoms with E-state index in [4.69, 9.17) is 15.2 Å². The first-order valence-corrected chi connectivity index (χ1v) is 6.05. The average Bonchev–Trinajstić information content (AvgIpc) is 2.45. The first-order valence-electron chi connectivity index (χ1n) is 6.05. The maximum absolute atomic E-state index is 14.0. The maximum atomic E-state index is 14.0. The number of carbonyl (C=O) groups is 1. The largest absolute Gasteiger partial charge is 0.508 e. The second-order valence-corrected chi connectivity index (χ2v) is 4.09. The van der Waals surface area contributed by atoms with Gasteiger partial charge in [0.2, 0.25) is 0 Å². The fraction of sp³-hybridized carbons (Fsp3) is 0.462. The van der Waals surface area contributed by atoms with Gasteiger partial charge >= 0.3 is 11.9 Å². The minimum absolute atomic E-state index is 0.122. The fourth-order valence-electron chi connectivity index (χ4n) is 1.77. The highest BCUT2D eigenvalue weighted by atomic mass is 19.3. The minimum atomic E-state index is -3.98. The molecule has 0 spiro atoms. The molecule has 0 saturated heterocycles. The van der Waals surface area contributed by atoms with E-state index in [-0.39, 0.29) is 29.4 Å². The van der Waals surface area contributed by atoms with Gasteiger partial charge in [-0.05, 0) is 6.92 Å². The zero-order chi connectivity index (χ0) is 16.2. The lowest BCUT2D eigenvalue weighted by Gasteiger charge is -2.25. The number of esters is 1. The average molecular weight is 305 g/mol. The molecule has 0 aliphatic carbocycles. The number of hydrogen-bond acceptors (Lipinski definition) is 6. The van der Waals surface area contributed by atoms with Gasteiger partial charge in [-0.15, -0.1) is 0 Å². The van der Waals surface area contributed by atoms with E-state index >= 15 is 0 Å². The summed E-state index contributed by atoms with van der Waals surface area (Å²) in [5.41, 5.74) is 5.27. The number of phenolic OH excluding ortho intramolecular Hbond substituents is 1. The SMILES string of the molecule is CCOC(=O)C(F)(F)[C@@H](N)c1c(OC)cc(O)cc1OC. The first-order chi connectivity index (χ1) is 9.79. The van der Waals surface area contributed by atoms with Crippen LogP contribution in [0.4, 0.5) is 8.78 Å². The number of alkyl halides is 2. The van der Waals surface area contributed by atoms with Gasteiger partial charge in [-0.3, -0.25) is 0 Å². The predicted octanol–water partition coefficient (Wildman–Crippen LogP) is 1.61. The van der Waals surface area contributed by atoms with Gasteiger partial charge in [0.25, 0.3) is 0 Å². The molecule has 0 radical (unpaired) electrons. The molecule has 0 aromatic heterocycles. The van der Waals surface area contributed by atoms with Crippen LogP contribution in [0.25, 0.3) is 0 Å². The number of hydrogen-bond donors (Lipinski definition) is 2. The van der Waals surface area contributed by atoms with Crippen LogP contribution in [0.3, 0.4) is 0 Å². The first kappa shape index (κ1) is 17.0. The molecule has 0 amide bonds. The van der Waals surface area contributed by atoms with Crippen molar-refractivity contribution in [3.8, 4) is 17.2 Å².